The number of hydrogen-bond acceptors (Lipinski definition) is 3. The number of aryl methyl sites for hydroxylation is 1. The largest absolute Gasteiger partial charge is 0.467 e. The smallest absolute Gasteiger partial charge is 0.246 e. The Bertz CT molecular complexity index is 914. The maximum Gasteiger partial charge on any atom is 0.246 e. The molecule has 0 aliphatic carbocycles. The molecule has 26 heavy (non-hydrogen) atoms. The zero-order valence-electron chi connectivity index (χ0n) is 14.9. The van der Waals surface area contributed by atoms with Crippen LogP contribution in [-0.4, -0.2) is 27.6 Å². The predicted molar refractivity (Wildman–Crippen MR) is 102 cm³/mol. The van der Waals surface area contributed by atoms with Gasteiger partial charge in [0.2, 0.25) is 5.91 Å². The first-order valence-electron chi connectivity index (χ1n) is 8.28. The minimum absolute atomic E-state index is 0.142. The fraction of sp³-hybridized carbons (Fsp3) is 0.200. The van der Waals surface area contributed by atoms with Crippen LogP contribution in [0.2, 0.25) is 5.15 Å². The summed E-state index contributed by atoms with van der Waals surface area (Å²) in [4.78, 5) is 14.1. The van der Waals surface area contributed by atoms with Gasteiger partial charge in [-0.25, -0.2) is 4.68 Å². The second-order valence-corrected chi connectivity index (χ2v) is 6.37. The third kappa shape index (κ3) is 3.58. The molecule has 6 heteroatoms. The van der Waals surface area contributed by atoms with Crippen molar-refractivity contribution >= 4 is 23.6 Å². The van der Waals surface area contributed by atoms with Gasteiger partial charge in [-0.1, -0.05) is 29.8 Å². The topological polar surface area (TPSA) is 51.3 Å². The summed E-state index contributed by atoms with van der Waals surface area (Å²) in [5, 5.41) is 4.94. The van der Waals surface area contributed by atoms with Crippen molar-refractivity contribution in [3.8, 4) is 5.69 Å². The summed E-state index contributed by atoms with van der Waals surface area (Å²) < 4.78 is 7.03. The molecule has 1 amide bonds. The van der Waals surface area contributed by atoms with E-state index in [9.17, 15) is 4.79 Å². The van der Waals surface area contributed by atoms with E-state index in [1.54, 1.807) is 35.0 Å². The van der Waals surface area contributed by atoms with Gasteiger partial charge in [0.1, 0.15) is 10.9 Å². The Kier molecular flexibility index (Phi) is 5.28. The van der Waals surface area contributed by atoms with Crippen molar-refractivity contribution in [3.63, 3.8) is 0 Å². The molecule has 0 N–H and O–H groups in total. The normalized spacial score (nSPS) is 12.5. The van der Waals surface area contributed by atoms with Crippen LogP contribution in [0.5, 0.6) is 0 Å². The number of likely N-dealkylation sites (N-methyl/N-ethyl adjacent to an activating group) is 1. The number of halogens is 1. The van der Waals surface area contributed by atoms with Crippen molar-refractivity contribution in [2.24, 2.45) is 0 Å². The van der Waals surface area contributed by atoms with Gasteiger partial charge in [-0.3, -0.25) is 4.79 Å². The van der Waals surface area contributed by atoms with Gasteiger partial charge in [-0.05, 0) is 44.2 Å². The van der Waals surface area contributed by atoms with Crippen LogP contribution in [-0.2, 0) is 4.79 Å². The summed E-state index contributed by atoms with van der Waals surface area (Å²) in [6, 6.07) is 13.1. The van der Waals surface area contributed by atoms with Gasteiger partial charge in [0.25, 0.3) is 0 Å². The van der Waals surface area contributed by atoms with Gasteiger partial charge in [0.15, 0.2) is 0 Å². The average molecular weight is 370 g/mol. The van der Waals surface area contributed by atoms with Gasteiger partial charge in [-0.2, -0.15) is 5.10 Å². The number of carbonyl (C=O) groups is 1. The molecule has 0 aliphatic heterocycles. The van der Waals surface area contributed by atoms with Crippen LogP contribution in [0, 0.1) is 6.92 Å². The Morgan fingerprint density at radius 3 is 2.65 bits per heavy atom. The first kappa shape index (κ1) is 18.0. The molecular formula is C20H20ClN3O2. The number of furan rings is 1. The van der Waals surface area contributed by atoms with Crippen LogP contribution in [0.1, 0.15) is 30.0 Å². The quantitative estimate of drug-likeness (QED) is 0.614. The standard InChI is InChI=1S/C20H20ClN3O2/c1-14-17(20(21)24(22-14)16-8-5-4-6-9-16)11-12-19(25)23(3)15(2)18-10-7-13-26-18/h4-13,15H,1-3H3/b12-11+. The lowest BCUT2D eigenvalue weighted by molar-refractivity contribution is -0.126. The van der Waals surface area contributed by atoms with E-state index in [1.165, 1.54) is 6.08 Å². The Hall–Kier alpha value is -2.79. The van der Waals surface area contributed by atoms with Gasteiger partial charge in [0, 0.05) is 18.7 Å². The molecule has 2 heterocycles. The Labute approximate surface area is 157 Å². The lowest BCUT2D eigenvalue weighted by Crippen LogP contribution is -2.27. The Morgan fingerprint density at radius 1 is 1.27 bits per heavy atom. The third-order valence-electron chi connectivity index (χ3n) is 4.32. The minimum atomic E-state index is -0.161. The maximum absolute atomic E-state index is 12.5. The van der Waals surface area contributed by atoms with Gasteiger partial charge < -0.3 is 9.32 Å². The van der Waals surface area contributed by atoms with Crippen LogP contribution >= 0.6 is 11.6 Å². The minimum Gasteiger partial charge on any atom is -0.467 e. The van der Waals surface area contributed by atoms with Crippen molar-refractivity contribution in [1.29, 1.82) is 0 Å². The van der Waals surface area contributed by atoms with E-state index in [0.29, 0.717) is 5.15 Å². The molecular weight excluding hydrogens is 350 g/mol. The van der Waals surface area contributed by atoms with E-state index in [-0.39, 0.29) is 11.9 Å². The first-order chi connectivity index (χ1) is 12.5. The van der Waals surface area contributed by atoms with Crippen molar-refractivity contribution in [2.45, 2.75) is 19.9 Å². The van der Waals surface area contributed by atoms with Crippen LogP contribution in [0.25, 0.3) is 11.8 Å². The van der Waals surface area contributed by atoms with Crippen LogP contribution in [0.15, 0.2) is 59.2 Å². The SMILES string of the molecule is Cc1nn(-c2ccccc2)c(Cl)c1/C=C/C(=O)N(C)C(C)c1ccco1. The summed E-state index contributed by atoms with van der Waals surface area (Å²) in [6.45, 7) is 3.78. The summed E-state index contributed by atoms with van der Waals surface area (Å²) in [7, 11) is 1.74. The van der Waals surface area contributed by atoms with Gasteiger partial charge in [-0.15, -0.1) is 0 Å². The summed E-state index contributed by atoms with van der Waals surface area (Å²) in [6.07, 6.45) is 4.81. The van der Waals surface area contributed by atoms with E-state index in [4.69, 9.17) is 16.0 Å². The van der Waals surface area contributed by atoms with E-state index in [1.807, 2.05) is 50.2 Å². The van der Waals surface area contributed by atoms with Crippen molar-refractivity contribution < 1.29 is 9.21 Å². The highest BCUT2D eigenvalue weighted by atomic mass is 35.5. The highest BCUT2D eigenvalue weighted by molar-refractivity contribution is 6.31. The second kappa shape index (κ2) is 7.62. The van der Waals surface area contributed by atoms with E-state index < -0.39 is 0 Å². The average Bonchev–Trinajstić information content (AvgIpc) is 3.28. The number of nitrogens with zero attached hydrogens (tertiary/aromatic N) is 3. The lowest BCUT2D eigenvalue weighted by Gasteiger charge is -2.21. The van der Waals surface area contributed by atoms with Crippen LogP contribution in [0.4, 0.5) is 0 Å². The molecule has 1 unspecified atom stereocenters. The molecule has 0 fully saturated rings. The number of aromatic nitrogens is 2. The zero-order valence-corrected chi connectivity index (χ0v) is 15.6. The number of carbonyl (C=O) groups excluding carboxylic acids is 1. The van der Waals surface area contributed by atoms with Gasteiger partial charge in [0.05, 0.1) is 23.7 Å². The molecule has 2 aromatic heterocycles. The number of rotatable bonds is 5. The molecule has 0 bridgehead atoms. The van der Waals surface area contributed by atoms with Gasteiger partial charge >= 0.3 is 0 Å². The van der Waals surface area contributed by atoms with Crippen LogP contribution in [0.3, 0.4) is 0 Å². The monoisotopic (exact) mass is 369 g/mol. The predicted octanol–water partition coefficient (Wildman–Crippen LogP) is 4.66. The van der Waals surface area contributed by atoms with E-state index >= 15 is 0 Å². The molecule has 0 radical (unpaired) electrons. The molecule has 1 atom stereocenters. The molecule has 0 saturated heterocycles. The lowest BCUT2D eigenvalue weighted by atomic mass is 10.2. The summed E-state index contributed by atoms with van der Waals surface area (Å²) >= 11 is 6.48. The number of benzene rings is 1. The van der Waals surface area contributed by atoms with Crippen molar-refractivity contribution in [1.82, 2.24) is 14.7 Å². The molecule has 3 aromatic rings. The summed E-state index contributed by atoms with van der Waals surface area (Å²) in [5.74, 6) is 0.595. The first-order valence-corrected chi connectivity index (χ1v) is 8.65. The number of amides is 1. The van der Waals surface area contributed by atoms with E-state index in [2.05, 4.69) is 5.10 Å². The highest BCUT2D eigenvalue weighted by Gasteiger charge is 2.18. The molecule has 134 valence electrons. The fourth-order valence-electron chi connectivity index (χ4n) is 2.62. The third-order valence-corrected chi connectivity index (χ3v) is 4.69. The molecule has 0 saturated carbocycles. The number of para-hydroxylation sites is 1. The maximum atomic E-state index is 12.5. The molecule has 1 aromatic carbocycles. The van der Waals surface area contributed by atoms with Crippen molar-refractivity contribution in [2.75, 3.05) is 7.05 Å². The molecule has 0 spiro atoms. The fourth-order valence-corrected chi connectivity index (χ4v) is 2.96. The summed E-state index contributed by atoms with van der Waals surface area (Å²) in [5.41, 5.74) is 2.35. The molecule has 0 aliphatic rings. The van der Waals surface area contributed by atoms with Crippen molar-refractivity contribution in [3.05, 3.63) is 77.0 Å². The highest BCUT2D eigenvalue weighted by Crippen LogP contribution is 2.25. The van der Waals surface area contributed by atoms with Crippen LogP contribution < -0.4 is 0 Å². The van der Waals surface area contributed by atoms with E-state index in [0.717, 1.165) is 22.7 Å². The Morgan fingerprint density at radius 2 is 2.00 bits per heavy atom. The Balaban J connectivity index is 1.80. The molecule has 3 rings (SSSR count). The number of hydrogen-bond donors (Lipinski definition) is 0. The zero-order chi connectivity index (χ0) is 18.7. The second-order valence-electron chi connectivity index (χ2n) is 6.01. The molecule has 5 nitrogen and oxygen atoms in total.